The van der Waals surface area contributed by atoms with Gasteiger partial charge in [-0.25, -0.2) is 0 Å². The molecule has 0 unspecified atom stereocenters. The number of hydrogen-bond donors (Lipinski definition) is 0. The standard InChI is InChI=1S/C17H18ClOP/c18-14-8-3-9-15-20(19,16-10-4-1-5-11-16)17-12-6-2-7-13-17/h1-2,4-7,9-13,15H,3,8,14H2/b15-9+. The first-order valence-electron chi connectivity index (χ1n) is 6.72. The lowest BCUT2D eigenvalue weighted by atomic mass is 10.3. The summed E-state index contributed by atoms with van der Waals surface area (Å²) in [7, 11) is -2.69. The third-order valence-electron chi connectivity index (χ3n) is 3.10. The highest BCUT2D eigenvalue weighted by Crippen LogP contribution is 2.44. The van der Waals surface area contributed by atoms with Gasteiger partial charge in [-0.05, 0) is 18.7 Å². The summed E-state index contributed by atoms with van der Waals surface area (Å²) in [5.41, 5.74) is 0. The van der Waals surface area contributed by atoms with E-state index in [9.17, 15) is 4.57 Å². The van der Waals surface area contributed by atoms with Gasteiger partial charge in [0.15, 0.2) is 7.14 Å². The molecule has 0 N–H and O–H groups in total. The average Bonchev–Trinajstić information content (AvgIpc) is 2.53. The normalized spacial score (nSPS) is 11.8. The van der Waals surface area contributed by atoms with Crippen molar-refractivity contribution in [2.75, 3.05) is 5.88 Å². The Morgan fingerprint density at radius 1 is 0.900 bits per heavy atom. The Morgan fingerprint density at radius 3 is 1.85 bits per heavy atom. The van der Waals surface area contributed by atoms with Gasteiger partial charge in [-0.15, -0.1) is 11.6 Å². The number of hydrogen-bond acceptors (Lipinski definition) is 1. The van der Waals surface area contributed by atoms with Crippen LogP contribution < -0.4 is 10.6 Å². The molecule has 104 valence electrons. The lowest BCUT2D eigenvalue weighted by Gasteiger charge is -2.15. The average molecular weight is 305 g/mol. The highest BCUT2D eigenvalue weighted by atomic mass is 35.5. The van der Waals surface area contributed by atoms with Crippen molar-refractivity contribution in [1.29, 1.82) is 0 Å². The van der Waals surface area contributed by atoms with Crippen molar-refractivity contribution < 1.29 is 4.57 Å². The van der Waals surface area contributed by atoms with E-state index in [1.807, 2.05) is 72.6 Å². The number of unbranched alkanes of at least 4 members (excludes halogenated alkanes) is 1. The Bertz CT molecular complexity index is 549. The van der Waals surface area contributed by atoms with Gasteiger partial charge < -0.3 is 4.57 Å². The molecule has 2 aromatic rings. The van der Waals surface area contributed by atoms with Crippen LogP contribution in [-0.4, -0.2) is 5.88 Å². The van der Waals surface area contributed by atoms with Crippen LogP contribution >= 0.6 is 18.7 Å². The van der Waals surface area contributed by atoms with Crippen LogP contribution in [0.3, 0.4) is 0 Å². The lowest BCUT2D eigenvalue weighted by Crippen LogP contribution is -2.13. The van der Waals surface area contributed by atoms with Crippen LogP contribution in [0, 0.1) is 0 Å². The fourth-order valence-corrected chi connectivity index (χ4v) is 4.51. The molecule has 0 heterocycles. The molecule has 0 atom stereocenters. The molecule has 0 radical (unpaired) electrons. The fourth-order valence-electron chi connectivity index (χ4n) is 2.04. The van der Waals surface area contributed by atoms with E-state index >= 15 is 0 Å². The van der Waals surface area contributed by atoms with E-state index in [-0.39, 0.29) is 0 Å². The molecule has 20 heavy (non-hydrogen) atoms. The minimum absolute atomic E-state index is 0.630. The summed E-state index contributed by atoms with van der Waals surface area (Å²) >= 11 is 5.68. The van der Waals surface area contributed by atoms with Crippen LogP contribution in [0.1, 0.15) is 12.8 Å². The minimum atomic E-state index is -2.69. The minimum Gasteiger partial charge on any atom is -0.309 e. The second kappa shape index (κ2) is 7.47. The van der Waals surface area contributed by atoms with E-state index < -0.39 is 7.14 Å². The second-order valence-corrected chi connectivity index (χ2v) is 7.57. The maximum absolute atomic E-state index is 13.5. The fraction of sp³-hybridized carbons (Fsp3) is 0.176. The molecule has 1 nitrogen and oxygen atoms in total. The Morgan fingerprint density at radius 2 is 1.40 bits per heavy atom. The van der Waals surface area contributed by atoms with Crippen molar-refractivity contribution in [2.24, 2.45) is 0 Å². The van der Waals surface area contributed by atoms with E-state index in [0.717, 1.165) is 23.5 Å². The summed E-state index contributed by atoms with van der Waals surface area (Å²) in [6.45, 7) is 0. The molecular weight excluding hydrogens is 287 g/mol. The smallest absolute Gasteiger partial charge is 0.163 e. The van der Waals surface area contributed by atoms with E-state index in [1.54, 1.807) is 0 Å². The molecule has 0 aromatic heterocycles. The second-order valence-electron chi connectivity index (χ2n) is 4.55. The monoisotopic (exact) mass is 304 g/mol. The Kier molecular flexibility index (Phi) is 5.64. The number of halogens is 1. The van der Waals surface area contributed by atoms with Crippen molar-refractivity contribution in [3.05, 3.63) is 72.6 Å². The molecule has 2 aromatic carbocycles. The van der Waals surface area contributed by atoms with E-state index in [2.05, 4.69) is 0 Å². The zero-order valence-electron chi connectivity index (χ0n) is 11.3. The predicted octanol–water partition coefficient (Wildman–Crippen LogP) is 4.53. The molecule has 0 aliphatic heterocycles. The van der Waals surface area contributed by atoms with Gasteiger partial charge in [-0.1, -0.05) is 66.7 Å². The summed E-state index contributed by atoms with van der Waals surface area (Å²) in [6, 6.07) is 19.3. The molecule has 0 amide bonds. The van der Waals surface area contributed by atoms with E-state index in [4.69, 9.17) is 11.6 Å². The summed E-state index contributed by atoms with van der Waals surface area (Å²) in [6.07, 6.45) is 3.75. The highest BCUT2D eigenvalue weighted by Gasteiger charge is 2.23. The first kappa shape index (κ1) is 15.1. The number of rotatable bonds is 6. The Balaban J connectivity index is 2.39. The number of benzene rings is 2. The maximum atomic E-state index is 13.5. The van der Waals surface area contributed by atoms with Crippen molar-refractivity contribution in [3.8, 4) is 0 Å². The predicted molar refractivity (Wildman–Crippen MR) is 88.9 cm³/mol. The third-order valence-corrected chi connectivity index (χ3v) is 6.13. The SMILES string of the molecule is O=P(/C=C/CCCCl)(c1ccccc1)c1ccccc1. The molecule has 0 saturated carbocycles. The van der Waals surface area contributed by atoms with Crippen LogP contribution in [-0.2, 0) is 4.57 Å². The van der Waals surface area contributed by atoms with Crippen molar-refractivity contribution in [3.63, 3.8) is 0 Å². The van der Waals surface area contributed by atoms with Gasteiger partial charge in [0.25, 0.3) is 0 Å². The number of alkyl halides is 1. The van der Waals surface area contributed by atoms with E-state index in [0.29, 0.717) is 5.88 Å². The first-order valence-corrected chi connectivity index (χ1v) is 9.03. The quantitative estimate of drug-likeness (QED) is 0.435. The maximum Gasteiger partial charge on any atom is 0.163 e. The summed E-state index contributed by atoms with van der Waals surface area (Å²) < 4.78 is 13.5. The zero-order valence-corrected chi connectivity index (χ0v) is 12.9. The van der Waals surface area contributed by atoms with Crippen LogP contribution in [0.5, 0.6) is 0 Å². The highest BCUT2D eigenvalue weighted by molar-refractivity contribution is 7.81. The molecule has 0 saturated heterocycles. The van der Waals surface area contributed by atoms with Crippen LogP contribution in [0.15, 0.2) is 72.6 Å². The first-order chi connectivity index (χ1) is 9.77. The van der Waals surface area contributed by atoms with E-state index in [1.165, 1.54) is 0 Å². The molecule has 0 bridgehead atoms. The van der Waals surface area contributed by atoms with Gasteiger partial charge in [-0.2, -0.15) is 0 Å². The molecule has 0 spiro atoms. The lowest BCUT2D eigenvalue weighted by molar-refractivity contribution is 0.592. The molecular formula is C17H18ClOP. The summed E-state index contributed by atoms with van der Waals surface area (Å²) in [5.74, 6) is 2.50. The third kappa shape index (κ3) is 3.62. The Labute approximate surface area is 125 Å². The summed E-state index contributed by atoms with van der Waals surface area (Å²) in [5, 5.41) is 1.74. The Hall–Kier alpha value is -1.30. The topological polar surface area (TPSA) is 17.1 Å². The summed E-state index contributed by atoms with van der Waals surface area (Å²) in [4.78, 5) is 0. The van der Waals surface area contributed by atoms with Crippen molar-refractivity contribution in [1.82, 2.24) is 0 Å². The zero-order chi connectivity index (χ0) is 14.3. The molecule has 3 heteroatoms. The largest absolute Gasteiger partial charge is 0.309 e. The van der Waals surface area contributed by atoms with Crippen molar-refractivity contribution in [2.45, 2.75) is 12.8 Å². The van der Waals surface area contributed by atoms with Gasteiger partial charge in [-0.3, -0.25) is 0 Å². The molecule has 0 aliphatic carbocycles. The number of allylic oxidation sites excluding steroid dienone is 1. The van der Waals surface area contributed by atoms with Gasteiger partial charge in [0, 0.05) is 16.5 Å². The molecule has 0 aliphatic rings. The van der Waals surface area contributed by atoms with Gasteiger partial charge in [0.05, 0.1) is 0 Å². The molecule has 2 rings (SSSR count). The van der Waals surface area contributed by atoms with Crippen LogP contribution in [0.4, 0.5) is 0 Å². The van der Waals surface area contributed by atoms with Crippen LogP contribution in [0.25, 0.3) is 0 Å². The molecule has 0 fully saturated rings. The van der Waals surface area contributed by atoms with Gasteiger partial charge >= 0.3 is 0 Å². The van der Waals surface area contributed by atoms with Gasteiger partial charge in [0.1, 0.15) is 0 Å². The van der Waals surface area contributed by atoms with Gasteiger partial charge in [0.2, 0.25) is 0 Å². The van der Waals surface area contributed by atoms with Crippen LogP contribution in [0.2, 0.25) is 0 Å². The van der Waals surface area contributed by atoms with Crippen molar-refractivity contribution >= 4 is 29.4 Å².